The normalized spacial score (nSPS) is 18.8. The lowest BCUT2D eigenvalue weighted by Crippen LogP contribution is -2.43. The van der Waals surface area contributed by atoms with Gasteiger partial charge in [-0.3, -0.25) is 4.79 Å². The number of nitrogens with one attached hydrogen (secondary N) is 1. The van der Waals surface area contributed by atoms with Crippen LogP contribution in [0.25, 0.3) is 0 Å². The summed E-state index contributed by atoms with van der Waals surface area (Å²) in [5, 5.41) is 2.90. The van der Waals surface area contributed by atoms with Gasteiger partial charge in [-0.25, -0.2) is 13.4 Å². The van der Waals surface area contributed by atoms with Crippen LogP contribution in [0, 0.1) is 5.92 Å². The number of anilines is 1. The van der Waals surface area contributed by atoms with Gasteiger partial charge in [0.1, 0.15) is 0 Å². The average Bonchev–Trinajstić information content (AvgIpc) is 3.13. The number of carbonyl (C=O) groups excluding carboxylic acids is 1. The van der Waals surface area contributed by atoms with Crippen molar-refractivity contribution < 1.29 is 13.2 Å². The number of para-hydroxylation sites is 1. The van der Waals surface area contributed by atoms with E-state index >= 15 is 0 Å². The Hall–Kier alpha value is -2.19. The molecule has 1 aromatic heterocycles. The molecule has 1 saturated heterocycles. The highest BCUT2D eigenvalue weighted by molar-refractivity contribution is 7.89. The van der Waals surface area contributed by atoms with Crippen LogP contribution in [0.4, 0.5) is 5.69 Å². The molecule has 1 amide bonds. The number of aryl methyl sites for hydroxylation is 1. The predicted octanol–water partition coefficient (Wildman–Crippen LogP) is 1.94. The molecular weight excluding hydrogens is 340 g/mol. The van der Waals surface area contributed by atoms with Gasteiger partial charge in [-0.1, -0.05) is 18.2 Å². The monoisotopic (exact) mass is 362 g/mol. The number of rotatable bonds is 5. The molecule has 0 saturated carbocycles. The maximum Gasteiger partial charge on any atom is 0.262 e. The molecule has 0 unspecified atom stereocenters. The van der Waals surface area contributed by atoms with Crippen LogP contribution in [0.15, 0.2) is 47.9 Å². The first-order chi connectivity index (χ1) is 12.0. The van der Waals surface area contributed by atoms with E-state index < -0.39 is 10.0 Å². The van der Waals surface area contributed by atoms with Gasteiger partial charge in [-0.2, -0.15) is 4.31 Å². The molecule has 2 heterocycles. The fourth-order valence-electron chi connectivity index (χ4n) is 2.92. The summed E-state index contributed by atoms with van der Waals surface area (Å²) in [5.41, 5.74) is 0.717. The Morgan fingerprint density at radius 1 is 1.32 bits per heavy atom. The number of benzene rings is 1. The molecular formula is C17H22N4O3S. The highest BCUT2D eigenvalue weighted by atomic mass is 32.2. The number of aromatic nitrogens is 2. The minimum Gasteiger partial charge on any atom is -0.336 e. The van der Waals surface area contributed by atoms with E-state index in [0.717, 1.165) is 0 Å². The Kier molecular flexibility index (Phi) is 5.19. The maximum atomic E-state index is 12.8. The zero-order chi connectivity index (χ0) is 17.9. The highest BCUT2D eigenvalue weighted by Crippen LogP contribution is 2.24. The van der Waals surface area contributed by atoms with Crippen molar-refractivity contribution in [1.29, 1.82) is 0 Å². The molecule has 25 heavy (non-hydrogen) atoms. The molecule has 2 aromatic rings. The molecule has 1 aromatic carbocycles. The lowest BCUT2D eigenvalue weighted by atomic mass is 9.99. The Labute approximate surface area is 147 Å². The van der Waals surface area contributed by atoms with E-state index in [-0.39, 0.29) is 23.4 Å². The fourth-order valence-corrected chi connectivity index (χ4v) is 4.38. The molecule has 1 N–H and O–H groups in total. The highest BCUT2D eigenvalue weighted by Gasteiger charge is 2.34. The van der Waals surface area contributed by atoms with Crippen molar-refractivity contribution in [1.82, 2.24) is 13.9 Å². The summed E-state index contributed by atoms with van der Waals surface area (Å²) in [6.07, 6.45) is 4.37. The smallest absolute Gasteiger partial charge is 0.262 e. The van der Waals surface area contributed by atoms with Crippen LogP contribution in [0.1, 0.15) is 19.8 Å². The Balaban J connectivity index is 1.71. The third-order valence-corrected chi connectivity index (χ3v) is 6.13. The van der Waals surface area contributed by atoms with Crippen molar-refractivity contribution in [3.05, 3.63) is 42.9 Å². The number of nitrogens with zero attached hydrogens (tertiary/aromatic N) is 3. The topological polar surface area (TPSA) is 84.3 Å². The number of sulfonamides is 1. The van der Waals surface area contributed by atoms with Crippen molar-refractivity contribution in [3.63, 3.8) is 0 Å². The van der Waals surface area contributed by atoms with Crippen LogP contribution in [0.3, 0.4) is 0 Å². The van der Waals surface area contributed by atoms with E-state index in [2.05, 4.69) is 10.3 Å². The number of imidazole rings is 1. The van der Waals surface area contributed by atoms with Crippen LogP contribution < -0.4 is 5.32 Å². The van der Waals surface area contributed by atoms with Crippen molar-refractivity contribution in [2.45, 2.75) is 31.3 Å². The van der Waals surface area contributed by atoms with Crippen LogP contribution in [0.2, 0.25) is 0 Å². The number of hydrogen-bond donors (Lipinski definition) is 1. The number of carbonyl (C=O) groups is 1. The first-order valence-corrected chi connectivity index (χ1v) is 9.82. The molecule has 0 spiro atoms. The van der Waals surface area contributed by atoms with Crippen LogP contribution in [0.5, 0.6) is 0 Å². The Bertz CT molecular complexity index is 833. The Morgan fingerprint density at radius 2 is 2.08 bits per heavy atom. The fraction of sp³-hybridized carbons (Fsp3) is 0.412. The number of hydrogen-bond acceptors (Lipinski definition) is 4. The van der Waals surface area contributed by atoms with Crippen LogP contribution in [-0.2, 0) is 21.4 Å². The second-order valence-electron chi connectivity index (χ2n) is 6.10. The first kappa shape index (κ1) is 17.6. The lowest BCUT2D eigenvalue weighted by Gasteiger charge is -2.30. The molecule has 3 rings (SSSR count). The van der Waals surface area contributed by atoms with Gasteiger partial charge in [0.25, 0.3) is 10.0 Å². The van der Waals surface area contributed by atoms with Crippen molar-refractivity contribution in [3.8, 4) is 0 Å². The molecule has 134 valence electrons. The summed E-state index contributed by atoms with van der Waals surface area (Å²) in [5.74, 6) is -0.512. The van der Waals surface area contributed by atoms with E-state index in [1.165, 1.54) is 16.8 Å². The lowest BCUT2D eigenvalue weighted by molar-refractivity contribution is -0.120. The standard InChI is InChI=1S/C17H22N4O3S/c1-2-20-12-16(18-13-20)25(23,24)21-10-6-7-14(11-21)17(22)19-15-8-4-3-5-9-15/h3-5,8-9,12-14H,2,6-7,10-11H2,1H3,(H,19,22)/t14-/m1/s1. The van der Waals surface area contributed by atoms with Crippen LogP contribution in [-0.4, -0.2) is 41.3 Å². The Morgan fingerprint density at radius 3 is 2.76 bits per heavy atom. The van der Waals surface area contributed by atoms with Crippen molar-refractivity contribution >= 4 is 21.6 Å². The van der Waals surface area contributed by atoms with Crippen molar-refractivity contribution in [2.75, 3.05) is 18.4 Å². The van der Waals surface area contributed by atoms with Crippen LogP contribution >= 0.6 is 0 Å². The summed E-state index contributed by atoms with van der Waals surface area (Å²) in [7, 11) is -3.67. The zero-order valence-electron chi connectivity index (χ0n) is 14.1. The van der Waals surface area contributed by atoms with Gasteiger partial charge < -0.3 is 9.88 Å². The summed E-state index contributed by atoms with van der Waals surface area (Å²) < 4.78 is 28.6. The van der Waals surface area contributed by atoms with E-state index in [4.69, 9.17) is 0 Å². The van der Waals surface area contributed by atoms with Gasteiger partial charge in [0, 0.05) is 31.5 Å². The van der Waals surface area contributed by atoms with E-state index in [9.17, 15) is 13.2 Å². The van der Waals surface area contributed by atoms with E-state index in [0.29, 0.717) is 31.6 Å². The summed E-state index contributed by atoms with van der Waals surface area (Å²) in [4.78, 5) is 16.5. The SMILES string of the molecule is CCn1cnc(S(=O)(=O)N2CCC[C@@H](C(=O)Nc3ccccc3)C2)c1. The third kappa shape index (κ3) is 3.91. The van der Waals surface area contributed by atoms with Gasteiger partial charge in [-0.05, 0) is 31.9 Å². The van der Waals surface area contributed by atoms with Gasteiger partial charge in [-0.15, -0.1) is 0 Å². The molecule has 1 fully saturated rings. The molecule has 1 atom stereocenters. The minimum absolute atomic E-state index is 0.0402. The summed E-state index contributed by atoms with van der Waals surface area (Å²) >= 11 is 0. The maximum absolute atomic E-state index is 12.8. The van der Waals surface area contributed by atoms with Gasteiger partial charge in [0.2, 0.25) is 5.91 Å². The molecule has 7 nitrogen and oxygen atoms in total. The average molecular weight is 362 g/mol. The second kappa shape index (κ2) is 7.37. The quantitative estimate of drug-likeness (QED) is 0.881. The summed E-state index contributed by atoms with van der Waals surface area (Å²) in [6, 6.07) is 9.19. The molecule has 8 heteroatoms. The molecule has 1 aliphatic rings. The second-order valence-corrected chi connectivity index (χ2v) is 7.98. The zero-order valence-corrected chi connectivity index (χ0v) is 14.9. The molecule has 0 bridgehead atoms. The number of amides is 1. The third-order valence-electron chi connectivity index (χ3n) is 4.38. The predicted molar refractivity (Wildman–Crippen MR) is 94.5 cm³/mol. The van der Waals surface area contributed by atoms with Crippen molar-refractivity contribution in [2.24, 2.45) is 5.92 Å². The molecule has 1 aliphatic heterocycles. The largest absolute Gasteiger partial charge is 0.336 e. The summed E-state index contributed by atoms with van der Waals surface area (Å²) in [6.45, 7) is 3.17. The van der Waals surface area contributed by atoms with Gasteiger partial charge >= 0.3 is 0 Å². The van der Waals surface area contributed by atoms with Gasteiger partial charge in [0.05, 0.1) is 12.2 Å². The minimum atomic E-state index is -3.67. The van der Waals surface area contributed by atoms with E-state index in [1.54, 1.807) is 4.57 Å². The number of piperidine rings is 1. The van der Waals surface area contributed by atoms with Gasteiger partial charge in [0.15, 0.2) is 5.03 Å². The first-order valence-electron chi connectivity index (χ1n) is 8.38. The van der Waals surface area contributed by atoms with E-state index in [1.807, 2.05) is 37.3 Å². The molecule has 0 radical (unpaired) electrons. The molecule has 0 aliphatic carbocycles.